The van der Waals surface area contributed by atoms with Gasteiger partial charge in [-0.15, -0.1) is 0 Å². The third-order valence-electron chi connectivity index (χ3n) is 3.01. The molecule has 0 amide bonds. The average Bonchev–Trinajstić information content (AvgIpc) is 2.30. The minimum absolute atomic E-state index is 0.0823. The van der Waals surface area contributed by atoms with Crippen LogP contribution in [0.2, 0.25) is 0 Å². The van der Waals surface area contributed by atoms with E-state index in [0.717, 1.165) is 25.7 Å². The van der Waals surface area contributed by atoms with Crippen LogP contribution in [-0.4, -0.2) is 23.1 Å². The van der Waals surface area contributed by atoms with Gasteiger partial charge in [-0.05, 0) is 38.5 Å². The summed E-state index contributed by atoms with van der Waals surface area (Å²) in [6.07, 6.45) is 6.63. The van der Waals surface area contributed by atoms with Gasteiger partial charge < -0.3 is 9.84 Å². The third-order valence-corrected chi connectivity index (χ3v) is 3.01. The summed E-state index contributed by atoms with van der Waals surface area (Å²) in [5, 5.41) is 8.59. The molecule has 1 saturated carbocycles. The summed E-state index contributed by atoms with van der Waals surface area (Å²) >= 11 is 0. The van der Waals surface area contributed by atoms with E-state index in [4.69, 9.17) is 9.84 Å². The molecule has 0 aromatic rings. The lowest BCUT2D eigenvalue weighted by Gasteiger charge is -2.21. The van der Waals surface area contributed by atoms with Gasteiger partial charge >= 0.3 is 11.9 Å². The smallest absolute Gasteiger partial charge is 0.330 e. The van der Waals surface area contributed by atoms with Crippen molar-refractivity contribution in [3.63, 3.8) is 0 Å². The number of carboxylic acid groups (broad SMARTS) is 1. The van der Waals surface area contributed by atoms with Crippen LogP contribution >= 0.6 is 0 Å². The van der Waals surface area contributed by atoms with E-state index < -0.39 is 5.97 Å². The molecule has 4 nitrogen and oxygen atoms in total. The number of rotatable bonds is 6. The van der Waals surface area contributed by atoms with Gasteiger partial charge in [-0.1, -0.05) is 13.0 Å². The maximum Gasteiger partial charge on any atom is 0.330 e. The third kappa shape index (κ3) is 5.52. The second-order valence-electron chi connectivity index (χ2n) is 4.51. The Morgan fingerprint density at radius 2 is 1.82 bits per heavy atom. The van der Waals surface area contributed by atoms with Crippen LogP contribution in [0.15, 0.2) is 12.2 Å². The van der Waals surface area contributed by atoms with Gasteiger partial charge in [0.05, 0.1) is 0 Å². The van der Waals surface area contributed by atoms with E-state index in [1.165, 1.54) is 6.42 Å². The summed E-state index contributed by atoms with van der Waals surface area (Å²) in [5.74, 6) is -1.21. The van der Waals surface area contributed by atoms with Crippen molar-refractivity contribution in [2.75, 3.05) is 0 Å². The molecule has 0 aliphatic heterocycles. The van der Waals surface area contributed by atoms with E-state index in [9.17, 15) is 9.59 Å². The highest BCUT2D eigenvalue weighted by Gasteiger charge is 2.17. The van der Waals surface area contributed by atoms with Crippen molar-refractivity contribution in [1.29, 1.82) is 0 Å². The van der Waals surface area contributed by atoms with E-state index in [-0.39, 0.29) is 24.1 Å². The molecule has 1 aliphatic rings. The van der Waals surface area contributed by atoms with Crippen molar-refractivity contribution in [3.8, 4) is 0 Å². The van der Waals surface area contributed by atoms with E-state index in [2.05, 4.69) is 6.58 Å². The Hall–Kier alpha value is -1.32. The lowest BCUT2D eigenvalue weighted by molar-refractivity contribution is -0.150. The summed E-state index contributed by atoms with van der Waals surface area (Å²) in [4.78, 5) is 21.9. The van der Waals surface area contributed by atoms with Gasteiger partial charge in [0, 0.05) is 12.0 Å². The highest BCUT2D eigenvalue weighted by Crippen LogP contribution is 2.21. The van der Waals surface area contributed by atoms with Gasteiger partial charge in [0.2, 0.25) is 0 Å². The van der Waals surface area contributed by atoms with Gasteiger partial charge in [-0.25, -0.2) is 4.79 Å². The van der Waals surface area contributed by atoms with Crippen molar-refractivity contribution in [3.05, 3.63) is 12.2 Å². The van der Waals surface area contributed by atoms with E-state index in [0.29, 0.717) is 12.8 Å². The predicted molar refractivity (Wildman–Crippen MR) is 63.6 cm³/mol. The van der Waals surface area contributed by atoms with Gasteiger partial charge in [-0.2, -0.15) is 0 Å². The topological polar surface area (TPSA) is 63.6 Å². The zero-order chi connectivity index (χ0) is 12.7. The number of carbonyl (C=O) groups is 2. The van der Waals surface area contributed by atoms with Crippen LogP contribution in [0.3, 0.4) is 0 Å². The molecule has 96 valence electrons. The molecule has 0 bridgehead atoms. The largest absolute Gasteiger partial charge is 0.478 e. The summed E-state index contributed by atoms with van der Waals surface area (Å²) in [6.45, 7) is 3.42. The number of hydrogen-bond acceptors (Lipinski definition) is 3. The highest BCUT2D eigenvalue weighted by molar-refractivity contribution is 5.85. The normalized spacial score (nSPS) is 16.5. The van der Waals surface area contributed by atoms with Gasteiger partial charge in [0.25, 0.3) is 0 Å². The zero-order valence-electron chi connectivity index (χ0n) is 10.1. The Balaban J connectivity index is 2.12. The summed E-state index contributed by atoms with van der Waals surface area (Å²) in [5.41, 5.74) is 0.149. The Morgan fingerprint density at radius 3 is 2.41 bits per heavy atom. The fraction of sp³-hybridized carbons (Fsp3) is 0.692. The summed E-state index contributed by atoms with van der Waals surface area (Å²) in [7, 11) is 0. The molecule has 0 aromatic heterocycles. The lowest BCUT2D eigenvalue weighted by atomic mass is 9.98. The Morgan fingerprint density at radius 1 is 1.18 bits per heavy atom. The fourth-order valence-corrected chi connectivity index (χ4v) is 1.98. The molecule has 0 atom stereocenters. The second-order valence-corrected chi connectivity index (χ2v) is 4.51. The van der Waals surface area contributed by atoms with Crippen LogP contribution in [0.25, 0.3) is 0 Å². The molecule has 1 fully saturated rings. The molecule has 1 rings (SSSR count). The van der Waals surface area contributed by atoms with Crippen molar-refractivity contribution < 1.29 is 19.4 Å². The van der Waals surface area contributed by atoms with E-state index in [1.807, 2.05) is 0 Å². The number of ether oxygens (including phenoxy) is 1. The van der Waals surface area contributed by atoms with Gasteiger partial charge in [0.15, 0.2) is 0 Å². The number of carbonyl (C=O) groups excluding carboxylic acids is 1. The van der Waals surface area contributed by atoms with Crippen molar-refractivity contribution >= 4 is 11.9 Å². The first kappa shape index (κ1) is 13.7. The van der Waals surface area contributed by atoms with E-state index >= 15 is 0 Å². The van der Waals surface area contributed by atoms with E-state index in [1.54, 1.807) is 0 Å². The highest BCUT2D eigenvalue weighted by atomic mass is 16.5. The first-order valence-corrected chi connectivity index (χ1v) is 6.20. The minimum atomic E-state index is -0.995. The van der Waals surface area contributed by atoms with Crippen molar-refractivity contribution in [2.45, 2.75) is 57.5 Å². The van der Waals surface area contributed by atoms with Crippen molar-refractivity contribution in [2.24, 2.45) is 0 Å². The van der Waals surface area contributed by atoms with Crippen LogP contribution in [0, 0.1) is 0 Å². The Labute approximate surface area is 102 Å². The molecule has 0 heterocycles. The number of aliphatic carboxylic acids is 1. The number of esters is 1. The summed E-state index contributed by atoms with van der Waals surface area (Å²) in [6, 6.07) is 0. The fourth-order valence-electron chi connectivity index (χ4n) is 1.98. The SMILES string of the molecule is C=C(CCCC(=O)OC1CCCCC1)C(=O)O. The average molecular weight is 240 g/mol. The Bertz CT molecular complexity index is 290. The molecule has 0 unspecified atom stereocenters. The van der Waals surface area contributed by atoms with Crippen LogP contribution in [0.4, 0.5) is 0 Å². The van der Waals surface area contributed by atoms with Crippen LogP contribution in [0.1, 0.15) is 51.4 Å². The zero-order valence-corrected chi connectivity index (χ0v) is 10.1. The van der Waals surface area contributed by atoms with Gasteiger partial charge in [-0.3, -0.25) is 4.79 Å². The van der Waals surface area contributed by atoms with Crippen LogP contribution < -0.4 is 0 Å². The monoisotopic (exact) mass is 240 g/mol. The molecule has 17 heavy (non-hydrogen) atoms. The standard InChI is InChI=1S/C13H20O4/c1-10(13(15)16)6-5-9-12(14)17-11-7-3-2-4-8-11/h11H,1-9H2,(H,15,16). The quantitative estimate of drug-likeness (QED) is 0.572. The second kappa shape index (κ2) is 7.09. The minimum Gasteiger partial charge on any atom is -0.478 e. The summed E-state index contributed by atoms with van der Waals surface area (Å²) < 4.78 is 5.32. The lowest BCUT2D eigenvalue weighted by Crippen LogP contribution is -2.20. The molecule has 0 saturated heterocycles. The molecule has 4 heteroatoms. The molecule has 0 aromatic carbocycles. The maximum atomic E-state index is 11.5. The Kier molecular flexibility index (Phi) is 5.73. The first-order chi connectivity index (χ1) is 8.09. The molecular formula is C13H20O4. The molecule has 1 N–H and O–H groups in total. The molecule has 0 radical (unpaired) electrons. The van der Waals surface area contributed by atoms with Gasteiger partial charge in [0.1, 0.15) is 6.10 Å². The predicted octanol–water partition coefficient (Wildman–Crippen LogP) is 2.67. The molecular weight excluding hydrogens is 220 g/mol. The maximum absolute atomic E-state index is 11.5. The number of hydrogen-bond donors (Lipinski definition) is 1. The molecule has 1 aliphatic carbocycles. The van der Waals surface area contributed by atoms with Crippen LogP contribution in [-0.2, 0) is 14.3 Å². The molecule has 0 spiro atoms. The van der Waals surface area contributed by atoms with Crippen LogP contribution in [0.5, 0.6) is 0 Å². The van der Waals surface area contributed by atoms with Crippen molar-refractivity contribution in [1.82, 2.24) is 0 Å². The first-order valence-electron chi connectivity index (χ1n) is 6.20. The number of carboxylic acids is 1.